The summed E-state index contributed by atoms with van der Waals surface area (Å²) in [6.07, 6.45) is 6.24. The summed E-state index contributed by atoms with van der Waals surface area (Å²) in [5.74, 6) is 18.3. The second-order valence-electron chi connectivity index (χ2n) is 12.5. The summed E-state index contributed by atoms with van der Waals surface area (Å²) in [7, 11) is 0. The van der Waals surface area contributed by atoms with E-state index < -0.39 is 0 Å². The van der Waals surface area contributed by atoms with Crippen molar-refractivity contribution in [2.75, 3.05) is 9.80 Å². The zero-order valence-electron chi connectivity index (χ0n) is 30.7. The number of hydrazine groups is 1. The molecule has 2 amide bonds. The van der Waals surface area contributed by atoms with Crippen LogP contribution in [-0.4, -0.2) is 43.3 Å². The normalized spacial score (nSPS) is 10.8. The van der Waals surface area contributed by atoms with Crippen LogP contribution in [0.5, 0.6) is 0 Å². The van der Waals surface area contributed by atoms with Gasteiger partial charge in [-0.2, -0.15) is 10.3 Å². The van der Waals surface area contributed by atoms with Crippen molar-refractivity contribution < 1.29 is 9.59 Å². The van der Waals surface area contributed by atoms with E-state index in [9.17, 15) is 9.59 Å². The van der Waals surface area contributed by atoms with Crippen LogP contribution in [-0.2, 0) is 22.7 Å². The van der Waals surface area contributed by atoms with E-state index in [1.807, 2.05) is 90.7 Å². The fourth-order valence-electron chi connectivity index (χ4n) is 5.30. The Morgan fingerprint density at radius 2 is 1.62 bits per heavy atom. The van der Waals surface area contributed by atoms with Crippen molar-refractivity contribution in [2.45, 2.75) is 66.5 Å². The number of nitrogens with zero attached hydrogens (tertiary/aromatic N) is 7. The fraction of sp³-hybridized carbons (Fsp3) is 0.275. The lowest BCUT2D eigenvalue weighted by molar-refractivity contribution is -0.119. The minimum atomic E-state index is 0.0120. The number of hydrogen-bond acceptors (Lipinski definition) is 9. The van der Waals surface area contributed by atoms with E-state index >= 15 is 0 Å². The first-order valence-corrected chi connectivity index (χ1v) is 17.5. The lowest BCUT2D eigenvalue weighted by Gasteiger charge is -2.24. The van der Waals surface area contributed by atoms with E-state index in [1.165, 1.54) is 0 Å². The van der Waals surface area contributed by atoms with E-state index in [-0.39, 0.29) is 17.7 Å². The molecular weight excluding hydrogens is 667 g/mol. The molecule has 13 nitrogen and oxygen atoms in total. The third-order valence-electron chi connectivity index (χ3n) is 7.88. The van der Waals surface area contributed by atoms with Crippen molar-refractivity contribution in [3.05, 3.63) is 120 Å². The standard InChI is InChI=1S/C24H27N5O.C16H20N6O/c1-4-5-6-9-19-10-7-11-20(15-19)17-29(23(30)14-18(2)3)22-13-8-12-21(16-22)24-25-27-28-26-24;1-2-15(23)22(11-12-5-4-8-19-10-12)14-7-3-6-13(9-14)16(20-17)21-18/h7-8,10-13,15-16,18H,4-5,14,17H2,1-3H3,(H,25,26,27,28);3-10H,2,11,17-18H2,1H3,(H,20,21). The Kier molecular flexibility index (Phi) is 15.2. The topological polar surface area (TPSA) is 184 Å². The molecule has 13 heteroatoms. The number of carbonyl (C=O) groups excluding carboxylic acids is 2. The molecule has 0 aliphatic heterocycles. The molecule has 274 valence electrons. The van der Waals surface area contributed by atoms with Gasteiger partial charge in [0, 0.05) is 59.7 Å². The minimum absolute atomic E-state index is 0.0120. The third kappa shape index (κ3) is 11.8. The second-order valence-corrected chi connectivity index (χ2v) is 12.5. The maximum absolute atomic E-state index is 13.1. The Morgan fingerprint density at radius 3 is 2.28 bits per heavy atom. The molecule has 0 radical (unpaired) electrons. The Bertz CT molecular complexity index is 2000. The number of tetrazole rings is 1. The van der Waals surface area contributed by atoms with Gasteiger partial charge in [0.2, 0.25) is 17.6 Å². The van der Waals surface area contributed by atoms with Gasteiger partial charge < -0.3 is 21.1 Å². The van der Waals surface area contributed by atoms with Crippen molar-refractivity contribution in [1.29, 1.82) is 0 Å². The van der Waals surface area contributed by atoms with Crippen molar-refractivity contribution in [2.24, 2.45) is 22.7 Å². The molecule has 0 saturated heterocycles. The number of H-pyrrole nitrogens is 1. The first-order chi connectivity index (χ1) is 25.8. The average Bonchev–Trinajstić information content (AvgIpc) is 3.73. The number of aromatic nitrogens is 5. The van der Waals surface area contributed by atoms with Crippen LogP contribution in [0.2, 0.25) is 0 Å². The predicted molar refractivity (Wildman–Crippen MR) is 209 cm³/mol. The average molecular weight is 714 g/mol. The molecule has 0 aliphatic rings. The maximum atomic E-state index is 13.1. The molecule has 53 heavy (non-hydrogen) atoms. The summed E-state index contributed by atoms with van der Waals surface area (Å²) in [6.45, 7) is 8.97. The molecule has 0 aliphatic carbocycles. The second kappa shape index (κ2) is 20.5. The number of nitrogens with two attached hydrogens (primary N) is 2. The molecule has 2 aromatic heterocycles. The summed E-state index contributed by atoms with van der Waals surface area (Å²) in [5.41, 5.74) is 8.46. The zero-order valence-corrected chi connectivity index (χ0v) is 30.7. The van der Waals surface area contributed by atoms with Crippen LogP contribution in [0.25, 0.3) is 11.4 Å². The van der Waals surface area contributed by atoms with Crippen LogP contribution in [0.15, 0.2) is 102 Å². The quantitative estimate of drug-likeness (QED) is 0.0414. The molecule has 0 unspecified atom stereocenters. The summed E-state index contributed by atoms with van der Waals surface area (Å²) in [4.78, 5) is 33.1. The van der Waals surface area contributed by atoms with Crippen LogP contribution in [0.1, 0.15) is 75.6 Å². The highest BCUT2D eigenvalue weighted by molar-refractivity contribution is 6.00. The van der Waals surface area contributed by atoms with Crippen molar-refractivity contribution in [1.82, 2.24) is 31.0 Å². The smallest absolute Gasteiger partial charge is 0.227 e. The van der Waals surface area contributed by atoms with Crippen molar-refractivity contribution >= 4 is 29.0 Å². The van der Waals surface area contributed by atoms with Crippen LogP contribution in [0.4, 0.5) is 11.4 Å². The van der Waals surface area contributed by atoms with Crippen LogP contribution in [0.3, 0.4) is 0 Å². The Balaban J connectivity index is 0.000000245. The molecular formula is C40H47N11O2. The number of hydrazone groups is 1. The first kappa shape index (κ1) is 39.4. The lowest BCUT2D eigenvalue weighted by Crippen LogP contribution is -2.33. The highest BCUT2D eigenvalue weighted by Crippen LogP contribution is 2.25. The number of amidine groups is 1. The highest BCUT2D eigenvalue weighted by Gasteiger charge is 2.19. The molecule has 5 rings (SSSR count). The number of carbonyl (C=O) groups is 2. The molecule has 6 N–H and O–H groups in total. The van der Waals surface area contributed by atoms with Crippen LogP contribution < -0.4 is 26.9 Å². The van der Waals surface area contributed by atoms with E-state index in [4.69, 9.17) is 11.7 Å². The summed E-state index contributed by atoms with van der Waals surface area (Å²) < 4.78 is 0. The Labute approximate surface area is 310 Å². The number of unbranched alkanes of at least 4 members (excludes halogenated alkanes) is 1. The molecule has 5 aromatic rings. The molecule has 3 aromatic carbocycles. The molecule has 0 bridgehead atoms. The predicted octanol–water partition coefficient (Wildman–Crippen LogP) is 5.71. The molecule has 2 heterocycles. The fourth-order valence-corrected chi connectivity index (χ4v) is 5.30. The third-order valence-corrected chi connectivity index (χ3v) is 7.88. The number of amides is 2. The van der Waals surface area contributed by atoms with E-state index in [1.54, 1.807) is 17.3 Å². The van der Waals surface area contributed by atoms with Crippen molar-refractivity contribution in [3.63, 3.8) is 0 Å². The van der Waals surface area contributed by atoms with Gasteiger partial charge in [-0.25, -0.2) is 5.84 Å². The number of pyridine rings is 1. The number of hydrogen-bond donors (Lipinski definition) is 4. The van der Waals surface area contributed by atoms with Crippen molar-refractivity contribution in [3.8, 4) is 23.2 Å². The van der Waals surface area contributed by atoms with Gasteiger partial charge >= 0.3 is 0 Å². The molecule has 0 spiro atoms. The number of benzene rings is 3. The largest absolute Gasteiger partial charge is 0.321 e. The monoisotopic (exact) mass is 713 g/mol. The first-order valence-electron chi connectivity index (χ1n) is 17.5. The van der Waals surface area contributed by atoms with E-state index in [0.29, 0.717) is 43.2 Å². The Hall–Kier alpha value is -6.39. The summed E-state index contributed by atoms with van der Waals surface area (Å²) in [6, 6.07) is 26.8. The van der Waals surface area contributed by atoms with Gasteiger partial charge in [-0.1, -0.05) is 82.0 Å². The number of rotatable bonds is 12. The SMILES string of the molecule is CCC(=O)N(Cc1cccnc1)c1cccc(/C(=N/N)NN)c1.CCCC#Cc1cccc(CN(C(=O)CC(C)C)c2cccc(-c3nn[nH]n3)c2)c1. The van der Waals surface area contributed by atoms with Crippen LogP contribution in [0, 0.1) is 17.8 Å². The van der Waals surface area contributed by atoms with Gasteiger partial charge in [-0.05, 0) is 71.1 Å². The maximum Gasteiger partial charge on any atom is 0.227 e. The van der Waals surface area contributed by atoms with Gasteiger partial charge in [0.1, 0.15) is 0 Å². The van der Waals surface area contributed by atoms with Gasteiger partial charge in [-0.15, -0.1) is 10.2 Å². The minimum Gasteiger partial charge on any atom is -0.321 e. The lowest BCUT2D eigenvalue weighted by atomic mass is 10.1. The van der Waals surface area contributed by atoms with Gasteiger partial charge in [0.15, 0.2) is 5.84 Å². The van der Waals surface area contributed by atoms with Gasteiger partial charge in [-0.3, -0.25) is 14.6 Å². The molecule has 0 atom stereocenters. The highest BCUT2D eigenvalue weighted by atomic mass is 16.2. The number of nitrogens with one attached hydrogen (secondary N) is 2. The van der Waals surface area contributed by atoms with Gasteiger partial charge in [0.05, 0.1) is 13.1 Å². The van der Waals surface area contributed by atoms with E-state index in [0.717, 1.165) is 46.5 Å². The van der Waals surface area contributed by atoms with Crippen LogP contribution >= 0.6 is 0 Å². The molecule has 0 saturated carbocycles. The summed E-state index contributed by atoms with van der Waals surface area (Å²) in [5, 5.41) is 17.8. The Morgan fingerprint density at radius 1 is 0.906 bits per heavy atom. The van der Waals surface area contributed by atoms with Gasteiger partial charge in [0.25, 0.3) is 0 Å². The number of aromatic amines is 1. The molecule has 0 fully saturated rings. The number of anilines is 2. The zero-order chi connectivity index (χ0) is 38.0. The summed E-state index contributed by atoms with van der Waals surface area (Å²) >= 11 is 0. The van der Waals surface area contributed by atoms with E-state index in [2.05, 4.69) is 74.8 Å².